The molecular formula is C20H20F2N6O2S. The van der Waals surface area contributed by atoms with E-state index in [0.29, 0.717) is 24.5 Å². The molecule has 11 heteroatoms. The average Bonchev–Trinajstić information content (AvgIpc) is 3.08. The van der Waals surface area contributed by atoms with E-state index in [0.717, 1.165) is 3.97 Å². The fourth-order valence-corrected chi connectivity index (χ4v) is 3.52. The van der Waals surface area contributed by atoms with Gasteiger partial charge >= 0.3 is 0 Å². The summed E-state index contributed by atoms with van der Waals surface area (Å²) in [7, 11) is 0. The Labute approximate surface area is 181 Å². The van der Waals surface area contributed by atoms with Crippen molar-refractivity contribution in [1.82, 2.24) is 19.3 Å². The normalized spacial score (nSPS) is 14.0. The predicted octanol–water partition coefficient (Wildman–Crippen LogP) is 3.32. The number of halogens is 2. The number of hydrogen-bond acceptors (Lipinski definition) is 7. The van der Waals surface area contributed by atoms with Crippen molar-refractivity contribution in [3.8, 4) is 0 Å². The SMILES string of the molecule is CC(C)NC(=O)c1cn(SF)c2ncc(C(=N)c3ccc(F)cc3NC3COC3)nc12. The molecule has 0 aliphatic carbocycles. The zero-order valence-corrected chi connectivity index (χ0v) is 17.6. The van der Waals surface area contributed by atoms with Gasteiger partial charge in [-0.2, -0.15) is 0 Å². The molecule has 0 spiro atoms. The summed E-state index contributed by atoms with van der Waals surface area (Å²) in [4.78, 5) is 21.2. The molecule has 0 atom stereocenters. The molecule has 2 aromatic heterocycles. The number of nitrogens with zero attached hydrogens (tertiary/aromatic N) is 3. The Morgan fingerprint density at radius 3 is 2.77 bits per heavy atom. The highest BCUT2D eigenvalue weighted by Crippen LogP contribution is 2.26. The standard InChI is InChI=1S/C20H20F2N6O2S/c1-10(2)25-20(29)14-7-28(31-22)19-18(14)27-16(6-24-19)17(23)13-4-3-11(21)5-15(13)26-12-8-30-9-12/h3-7,10,12,23,26H,8-9H2,1-2H3,(H,25,29). The number of rotatable bonds is 7. The van der Waals surface area contributed by atoms with Crippen LogP contribution in [0.25, 0.3) is 11.2 Å². The molecule has 1 amide bonds. The van der Waals surface area contributed by atoms with Crippen LogP contribution in [-0.2, 0) is 4.74 Å². The van der Waals surface area contributed by atoms with Gasteiger partial charge in [0.15, 0.2) is 18.0 Å². The number of carbonyl (C=O) groups excluding carboxylic acids is 1. The van der Waals surface area contributed by atoms with Crippen LogP contribution in [0.4, 0.5) is 14.0 Å². The monoisotopic (exact) mass is 446 g/mol. The van der Waals surface area contributed by atoms with Gasteiger partial charge < -0.3 is 15.4 Å². The fourth-order valence-electron chi connectivity index (χ4n) is 3.17. The molecular weight excluding hydrogens is 426 g/mol. The van der Waals surface area contributed by atoms with Gasteiger partial charge in [0.25, 0.3) is 5.91 Å². The zero-order valence-electron chi connectivity index (χ0n) is 16.8. The fraction of sp³-hybridized carbons (Fsp3) is 0.300. The summed E-state index contributed by atoms with van der Waals surface area (Å²) in [5.74, 6) is -0.856. The van der Waals surface area contributed by atoms with Crippen molar-refractivity contribution in [2.24, 2.45) is 0 Å². The van der Waals surface area contributed by atoms with Gasteiger partial charge in [0, 0.05) is 23.5 Å². The van der Waals surface area contributed by atoms with Crippen molar-refractivity contribution in [1.29, 1.82) is 5.41 Å². The largest absolute Gasteiger partial charge is 0.377 e. The van der Waals surface area contributed by atoms with E-state index in [1.54, 1.807) is 0 Å². The van der Waals surface area contributed by atoms with E-state index >= 15 is 0 Å². The number of hydrogen-bond donors (Lipinski definition) is 3. The third-order valence-electron chi connectivity index (χ3n) is 4.71. The summed E-state index contributed by atoms with van der Waals surface area (Å²) >= 11 is -0.0972. The zero-order chi connectivity index (χ0) is 22.1. The third kappa shape index (κ3) is 4.23. The number of carbonyl (C=O) groups is 1. The second-order valence-electron chi connectivity index (χ2n) is 7.44. The van der Waals surface area contributed by atoms with Crippen molar-refractivity contribution in [3.63, 3.8) is 0 Å². The van der Waals surface area contributed by atoms with Gasteiger partial charge in [-0.3, -0.25) is 10.2 Å². The van der Waals surface area contributed by atoms with Crippen molar-refractivity contribution in [2.75, 3.05) is 18.5 Å². The Kier molecular flexibility index (Phi) is 5.88. The molecule has 0 saturated carbocycles. The lowest BCUT2D eigenvalue weighted by Gasteiger charge is -2.28. The summed E-state index contributed by atoms with van der Waals surface area (Å²) in [5, 5.41) is 14.6. The van der Waals surface area contributed by atoms with E-state index < -0.39 is 11.7 Å². The lowest BCUT2D eigenvalue weighted by atomic mass is 10.0. The van der Waals surface area contributed by atoms with Crippen molar-refractivity contribution in [2.45, 2.75) is 25.9 Å². The lowest BCUT2D eigenvalue weighted by molar-refractivity contribution is 0.0211. The second kappa shape index (κ2) is 8.60. The summed E-state index contributed by atoms with van der Waals surface area (Å²) in [5.41, 5.74) is 1.53. The maximum absolute atomic E-state index is 13.8. The van der Waals surface area contributed by atoms with Gasteiger partial charge in [0.2, 0.25) is 0 Å². The van der Waals surface area contributed by atoms with Crippen LogP contribution < -0.4 is 10.6 Å². The minimum Gasteiger partial charge on any atom is -0.377 e. The van der Waals surface area contributed by atoms with E-state index in [-0.39, 0.29) is 52.6 Å². The number of ether oxygens (including phenoxy) is 1. The Morgan fingerprint density at radius 1 is 1.35 bits per heavy atom. The van der Waals surface area contributed by atoms with Crippen LogP contribution in [0.5, 0.6) is 0 Å². The molecule has 3 N–H and O–H groups in total. The maximum Gasteiger partial charge on any atom is 0.255 e. The average molecular weight is 446 g/mol. The Hall–Kier alpha value is -3.05. The molecule has 0 radical (unpaired) electrons. The molecule has 4 rings (SSSR count). The van der Waals surface area contributed by atoms with Gasteiger partial charge in [-0.15, -0.1) is 3.89 Å². The molecule has 3 heterocycles. The van der Waals surface area contributed by atoms with Gasteiger partial charge in [0.1, 0.15) is 17.0 Å². The molecule has 1 fully saturated rings. The minimum absolute atomic E-state index is 0.00647. The van der Waals surface area contributed by atoms with E-state index in [9.17, 15) is 13.1 Å². The number of aromatic nitrogens is 3. The quantitative estimate of drug-likeness (QED) is 0.481. The second-order valence-corrected chi connectivity index (χ2v) is 7.97. The third-order valence-corrected chi connectivity index (χ3v) is 5.13. The van der Waals surface area contributed by atoms with Gasteiger partial charge in [0.05, 0.1) is 36.7 Å². The number of nitrogens with one attached hydrogen (secondary N) is 3. The highest BCUT2D eigenvalue weighted by Gasteiger charge is 2.23. The van der Waals surface area contributed by atoms with E-state index in [1.165, 1.54) is 30.6 Å². The van der Waals surface area contributed by atoms with Gasteiger partial charge in [-0.25, -0.2) is 18.3 Å². The van der Waals surface area contributed by atoms with Gasteiger partial charge in [-0.05, 0) is 32.0 Å². The van der Waals surface area contributed by atoms with E-state index in [1.807, 2.05) is 13.8 Å². The summed E-state index contributed by atoms with van der Waals surface area (Å²) in [6.07, 6.45) is 2.66. The van der Waals surface area contributed by atoms with Gasteiger partial charge in [-0.1, -0.05) is 0 Å². The molecule has 162 valence electrons. The Balaban J connectivity index is 1.74. The van der Waals surface area contributed by atoms with Crippen LogP contribution in [0.15, 0.2) is 30.6 Å². The van der Waals surface area contributed by atoms with Crippen LogP contribution in [0.2, 0.25) is 0 Å². The predicted molar refractivity (Wildman–Crippen MR) is 115 cm³/mol. The first-order valence-electron chi connectivity index (χ1n) is 9.58. The molecule has 1 saturated heterocycles. The number of amides is 1. The Morgan fingerprint density at radius 2 is 2.13 bits per heavy atom. The maximum atomic E-state index is 13.8. The number of anilines is 1. The smallest absolute Gasteiger partial charge is 0.255 e. The summed E-state index contributed by atoms with van der Waals surface area (Å²) in [6, 6.07) is 3.97. The molecule has 1 aliphatic heterocycles. The van der Waals surface area contributed by atoms with E-state index in [4.69, 9.17) is 10.1 Å². The molecule has 0 unspecified atom stereocenters. The molecule has 8 nitrogen and oxygen atoms in total. The molecule has 3 aromatic rings. The molecule has 1 aliphatic rings. The van der Waals surface area contributed by atoms with Crippen LogP contribution >= 0.6 is 12.3 Å². The van der Waals surface area contributed by atoms with Crippen LogP contribution in [0.1, 0.15) is 35.5 Å². The highest BCUT2D eigenvalue weighted by molar-refractivity contribution is 7.92. The first kappa shape index (κ1) is 21.2. The number of benzene rings is 1. The molecule has 31 heavy (non-hydrogen) atoms. The summed E-state index contributed by atoms with van der Waals surface area (Å²) < 4.78 is 33.4. The lowest BCUT2D eigenvalue weighted by Crippen LogP contribution is -2.40. The molecule has 0 bridgehead atoms. The highest BCUT2D eigenvalue weighted by atomic mass is 32.2. The van der Waals surface area contributed by atoms with E-state index in [2.05, 4.69) is 20.6 Å². The van der Waals surface area contributed by atoms with Crippen LogP contribution in [-0.4, -0.2) is 50.9 Å². The van der Waals surface area contributed by atoms with Crippen LogP contribution in [0, 0.1) is 11.2 Å². The summed E-state index contributed by atoms with van der Waals surface area (Å²) in [6.45, 7) is 4.61. The van der Waals surface area contributed by atoms with Crippen LogP contribution in [0.3, 0.4) is 0 Å². The van der Waals surface area contributed by atoms with Crippen molar-refractivity contribution < 1.29 is 17.8 Å². The first-order chi connectivity index (χ1) is 14.9. The van der Waals surface area contributed by atoms with Crippen molar-refractivity contribution in [3.05, 3.63) is 53.2 Å². The number of fused-ring (bicyclic) bond motifs is 1. The van der Waals surface area contributed by atoms with Crippen molar-refractivity contribution >= 4 is 40.8 Å². The Bertz CT molecular complexity index is 1160. The first-order valence-corrected chi connectivity index (χ1v) is 10.3. The molecule has 1 aromatic carbocycles. The topological polar surface area (TPSA) is 105 Å². The minimum atomic E-state index is -0.439.